The lowest BCUT2D eigenvalue weighted by Gasteiger charge is -2.35. The van der Waals surface area contributed by atoms with Gasteiger partial charge in [0.15, 0.2) is 11.5 Å². The first kappa shape index (κ1) is 25.3. The zero-order valence-corrected chi connectivity index (χ0v) is 22.2. The molecule has 3 aliphatic heterocycles. The Bertz CT molecular complexity index is 1190. The topological polar surface area (TPSA) is 71.5 Å². The zero-order chi connectivity index (χ0) is 26.1. The minimum Gasteiger partial charge on any atom is -0.494 e. The van der Waals surface area contributed by atoms with Crippen molar-refractivity contribution in [2.45, 2.75) is 62.7 Å². The number of hydrogen-bond donors (Lipinski definition) is 1. The number of benzene rings is 2. The van der Waals surface area contributed by atoms with Gasteiger partial charge in [-0.25, -0.2) is 0 Å². The van der Waals surface area contributed by atoms with Crippen molar-refractivity contribution < 1.29 is 24.1 Å². The molecule has 1 aliphatic carbocycles. The number of carbonyl (C=O) groups excluding carboxylic acids is 1. The summed E-state index contributed by atoms with van der Waals surface area (Å²) in [6.07, 6.45) is 9.41. The van der Waals surface area contributed by atoms with Gasteiger partial charge in [0.25, 0.3) is 5.91 Å². The summed E-state index contributed by atoms with van der Waals surface area (Å²) >= 11 is 0. The molecule has 38 heavy (non-hydrogen) atoms. The Labute approximate surface area is 225 Å². The molecule has 0 bridgehead atoms. The van der Waals surface area contributed by atoms with E-state index in [-0.39, 0.29) is 17.4 Å². The number of unbranched alkanes of at least 4 members (excludes halogenated alkanes) is 1. The fraction of sp³-hybridized carbons (Fsp3) is 0.516. The van der Waals surface area contributed by atoms with E-state index in [2.05, 4.69) is 17.0 Å². The Morgan fingerprint density at radius 2 is 1.92 bits per heavy atom. The molecule has 0 unspecified atom stereocenters. The number of ether oxygens (including phenoxy) is 3. The lowest BCUT2D eigenvalue weighted by molar-refractivity contribution is 0.0791. The molecule has 4 aliphatic rings. The van der Waals surface area contributed by atoms with Gasteiger partial charge >= 0.3 is 0 Å². The smallest absolute Gasteiger partial charge is 0.253 e. The molecular weight excluding hydrogens is 480 g/mol. The summed E-state index contributed by atoms with van der Waals surface area (Å²) in [6.45, 7) is 5.25. The van der Waals surface area contributed by atoms with Crippen LogP contribution < -0.4 is 14.2 Å². The molecule has 7 nitrogen and oxygen atoms in total. The first-order valence-corrected chi connectivity index (χ1v) is 14.1. The van der Waals surface area contributed by atoms with Crippen molar-refractivity contribution >= 4 is 5.91 Å². The van der Waals surface area contributed by atoms with E-state index in [4.69, 9.17) is 14.2 Å². The number of nitrogens with zero attached hydrogens (tertiary/aromatic N) is 2. The number of aliphatic hydroxyl groups excluding tert-OH is 1. The molecule has 2 aromatic carbocycles. The van der Waals surface area contributed by atoms with Gasteiger partial charge in [0, 0.05) is 37.2 Å². The summed E-state index contributed by atoms with van der Waals surface area (Å²) in [6, 6.07) is 11.8. The minimum atomic E-state index is -0.462. The van der Waals surface area contributed by atoms with Crippen molar-refractivity contribution in [2.75, 3.05) is 39.9 Å². The third kappa shape index (κ3) is 4.67. The lowest BCUT2D eigenvalue weighted by atomic mass is 9.69. The Kier molecular flexibility index (Phi) is 7.06. The van der Waals surface area contributed by atoms with E-state index >= 15 is 0 Å². The number of rotatable bonds is 8. The summed E-state index contributed by atoms with van der Waals surface area (Å²) in [4.78, 5) is 17.0. The second kappa shape index (κ2) is 10.6. The maximum Gasteiger partial charge on any atom is 0.253 e. The minimum absolute atomic E-state index is 0.0575. The van der Waals surface area contributed by atoms with Crippen molar-refractivity contribution in [3.05, 3.63) is 65.2 Å². The quantitative estimate of drug-likeness (QED) is 0.415. The maximum atomic E-state index is 12.5. The standard InChI is InChI=1S/C31H38N2O5/c1-36-26-11-8-23-21-32(18-14-31-13-12-24(34)20-27(31)38-29(26)28(23)31)15-4-5-19-37-25-9-6-22(7-10-25)30(35)33-16-2-3-17-33/h6-13,24,27,34H,2-5,14-21H2,1H3/t24-,27-,31-/m0/s1. The van der Waals surface area contributed by atoms with E-state index in [1.54, 1.807) is 7.11 Å². The van der Waals surface area contributed by atoms with Gasteiger partial charge in [0.1, 0.15) is 11.9 Å². The second-order valence-corrected chi connectivity index (χ2v) is 11.0. The number of methoxy groups -OCH3 is 1. The third-order valence-electron chi connectivity index (χ3n) is 8.67. The predicted octanol–water partition coefficient (Wildman–Crippen LogP) is 4.32. The summed E-state index contributed by atoms with van der Waals surface area (Å²) < 4.78 is 18.0. The second-order valence-electron chi connectivity index (χ2n) is 11.0. The fourth-order valence-electron chi connectivity index (χ4n) is 6.61. The van der Waals surface area contributed by atoms with Crippen LogP contribution in [0.15, 0.2) is 48.6 Å². The van der Waals surface area contributed by atoms with E-state index in [1.165, 1.54) is 11.1 Å². The highest BCUT2D eigenvalue weighted by Crippen LogP contribution is 2.55. The van der Waals surface area contributed by atoms with Crippen LogP contribution in [0.25, 0.3) is 0 Å². The molecule has 0 aromatic heterocycles. The first-order chi connectivity index (χ1) is 18.6. The van der Waals surface area contributed by atoms with Gasteiger partial charge < -0.3 is 24.2 Å². The monoisotopic (exact) mass is 518 g/mol. The van der Waals surface area contributed by atoms with Gasteiger partial charge in [-0.2, -0.15) is 0 Å². The average molecular weight is 519 g/mol. The number of carbonyl (C=O) groups is 1. The van der Waals surface area contributed by atoms with E-state index in [1.807, 2.05) is 41.3 Å². The Morgan fingerprint density at radius 1 is 1.11 bits per heavy atom. The average Bonchev–Trinajstić information content (AvgIpc) is 3.55. The third-order valence-corrected chi connectivity index (χ3v) is 8.67. The molecule has 1 saturated heterocycles. The van der Waals surface area contributed by atoms with Crippen molar-refractivity contribution in [2.24, 2.45) is 0 Å². The maximum absolute atomic E-state index is 12.5. The van der Waals surface area contributed by atoms with Crippen LogP contribution in [-0.4, -0.2) is 72.9 Å². The van der Waals surface area contributed by atoms with Crippen LogP contribution in [0.1, 0.15) is 60.0 Å². The summed E-state index contributed by atoms with van der Waals surface area (Å²) in [7, 11) is 1.69. The van der Waals surface area contributed by atoms with Crippen LogP contribution >= 0.6 is 0 Å². The van der Waals surface area contributed by atoms with Crippen LogP contribution in [-0.2, 0) is 12.0 Å². The molecule has 1 amide bonds. The summed E-state index contributed by atoms with van der Waals surface area (Å²) in [5.74, 6) is 2.57. The fourth-order valence-corrected chi connectivity index (χ4v) is 6.61. The molecule has 1 N–H and O–H groups in total. The predicted molar refractivity (Wildman–Crippen MR) is 145 cm³/mol. The zero-order valence-electron chi connectivity index (χ0n) is 22.2. The summed E-state index contributed by atoms with van der Waals surface area (Å²) in [5.41, 5.74) is 3.09. The van der Waals surface area contributed by atoms with Gasteiger partial charge in [-0.15, -0.1) is 0 Å². The van der Waals surface area contributed by atoms with Crippen LogP contribution in [0.5, 0.6) is 17.2 Å². The largest absolute Gasteiger partial charge is 0.494 e. The highest BCUT2D eigenvalue weighted by Gasteiger charge is 2.52. The molecule has 3 heterocycles. The van der Waals surface area contributed by atoms with Gasteiger partial charge in [-0.3, -0.25) is 9.69 Å². The Hall–Kier alpha value is -3.03. The number of amides is 1. The summed E-state index contributed by atoms with van der Waals surface area (Å²) in [5, 5.41) is 10.3. The first-order valence-electron chi connectivity index (χ1n) is 14.1. The van der Waals surface area contributed by atoms with Crippen molar-refractivity contribution in [1.82, 2.24) is 9.80 Å². The van der Waals surface area contributed by atoms with Crippen LogP contribution in [0.3, 0.4) is 0 Å². The molecule has 2 aromatic rings. The molecule has 0 radical (unpaired) electrons. The van der Waals surface area contributed by atoms with Gasteiger partial charge in [0.05, 0.1) is 25.2 Å². The number of aliphatic hydroxyl groups is 1. The molecule has 6 rings (SSSR count). The molecule has 7 heteroatoms. The molecule has 3 atom stereocenters. The lowest BCUT2D eigenvalue weighted by Crippen LogP contribution is -2.43. The SMILES string of the molecule is COc1ccc2c3c1O[C@H]1C[C@@H](O)C=C[C@@]31CCN(CCCCOc1ccc(C(=O)N3CCCC3)cc1)C2. The molecule has 202 valence electrons. The van der Waals surface area contributed by atoms with Crippen molar-refractivity contribution in [1.29, 1.82) is 0 Å². The molecule has 1 spiro atoms. The van der Waals surface area contributed by atoms with Gasteiger partial charge in [0.2, 0.25) is 0 Å². The van der Waals surface area contributed by atoms with E-state index in [0.717, 1.165) is 87.6 Å². The molecular formula is C31H38N2O5. The normalized spacial score (nSPS) is 25.9. The van der Waals surface area contributed by atoms with E-state index in [9.17, 15) is 9.90 Å². The highest BCUT2D eigenvalue weighted by atomic mass is 16.5. The van der Waals surface area contributed by atoms with Gasteiger partial charge in [-0.1, -0.05) is 18.2 Å². The van der Waals surface area contributed by atoms with Crippen LogP contribution in [0, 0.1) is 0 Å². The van der Waals surface area contributed by atoms with E-state index < -0.39 is 6.10 Å². The van der Waals surface area contributed by atoms with Crippen LogP contribution in [0.2, 0.25) is 0 Å². The Balaban J connectivity index is 1.03. The Morgan fingerprint density at radius 3 is 2.71 bits per heavy atom. The number of likely N-dealkylation sites (tertiary alicyclic amines) is 1. The van der Waals surface area contributed by atoms with E-state index in [0.29, 0.717) is 13.0 Å². The number of hydrogen-bond acceptors (Lipinski definition) is 6. The van der Waals surface area contributed by atoms with Crippen molar-refractivity contribution in [3.63, 3.8) is 0 Å². The van der Waals surface area contributed by atoms with Gasteiger partial charge in [-0.05, 0) is 81.1 Å². The molecule has 0 saturated carbocycles. The van der Waals surface area contributed by atoms with Crippen molar-refractivity contribution in [3.8, 4) is 17.2 Å². The highest BCUT2D eigenvalue weighted by molar-refractivity contribution is 5.94. The molecule has 1 fully saturated rings. The van der Waals surface area contributed by atoms with Crippen LogP contribution in [0.4, 0.5) is 0 Å².